The number of thiophene rings is 1. The number of esters is 1. The van der Waals surface area contributed by atoms with Gasteiger partial charge in [0.1, 0.15) is 12.0 Å². The number of aromatic nitrogens is 3. The van der Waals surface area contributed by atoms with Gasteiger partial charge in [0.2, 0.25) is 0 Å². The molecule has 3 aromatic heterocycles. The van der Waals surface area contributed by atoms with Gasteiger partial charge in [-0.25, -0.2) is 14.8 Å². The van der Waals surface area contributed by atoms with Crippen molar-refractivity contribution in [3.05, 3.63) is 35.6 Å². The van der Waals surface area contributed by atoms with Crippen LogP contribution in [0.4, 0.5) is 0 Å². The highest BCUT2D eigenvalue weighted by molar-refractivity contribution is 7.13. The molecule has 0 unspecified atom stereocenters. The molecule has 1 N–H and O–H groups in total. The lowest BCUT2D eigenvalue weighted by Crippen LogP contribution is -2.04. The molecule has 0 aromatic carbocycles. The van der Waals surface area contributed by atoms with Gasteiger partial charge in [-0.1, -0.05) is 6.07 Å². The average Bonchev–Trinajstić information content (AvgIpc) is 3.08. The number of carbonyl (C=O) groups excluding carboxylic acids is 1. The molecule has 0 amide bonds. The normalized spacial score (nSPS) is 10.8. The zero-order valence-corrected chi connectivity index (χ0v) is 11.0. The van der Waals surface area contributed by atoms with Crippen LogP contribution in [0, 0.1) is 0 Å². The van der Waals surface area contributed by atoms with E-state index >= 15 is 0 Å². The van der Waals surface area contributed by atoms with Crippen LogP contribution in [0.1, 0.15) is 17.3 Å². The van der Waals surface area contributed by atoms with Gasteiger partial charge in [0.25, 0.3) is 0 Å². The van der Waals surface area contributed by atoms with E-state index in [2.05, 4.69) is 15.0 Å². The fourth-order valence-electron chi connectivity index (χ4n) is 1.93. The summed E-state index contributed by atoms with van der Waals surface area (Å²) in [5.41, 5.74) is 1.87. The Labute approximate surface area is 113 Å². The first-order valence-corrected chi connectivity index (χ1v) is 6.72. The van der Waals surface area contributed by atoms with E-state index in [0.717, 1.165) is 10.6 Å². The molecule has 3 rings (SSSR count). The Bertz CT molecular complexity index is 719. The largest absolute Gasteiger partial charge is 0.462 e. The predicted octanol–water partition coefficient (Wildman–Crippen LogP) is 2.86. The molecule has 0 radical (unpaired) electrons. The van der Waals surface area contributed by atoms with Gasteiger partial charge in [-0.05, 0) is 18.4 Å². The maximum atomic E-state index is 11.9. The van der Waals surface area contributed by atoms with Crippen LogP contribution in [-0.4, -0.2) is 27.5 Å². The second-order valence-electron chi connectivity index (χ2n) is 3.85. The minimum absolute atomic E-state index is 0.341. The van der Waals surface area contributed by atoms with Crippen molar-refractivity contribution < 1.29 is 9.53 Å². The number of nitrogens with one attached hydrogen (secondary N) is 1. The van der Waals surface area contributed by atoms with Crippen molar-refractivity contribution in [2.45, 2.75) is 6.92 Å². The monoisotopic (exact) mass is 273 g/mol. The van der Waals surface area contributed by atoms with Gasteiger partial charge < -0.3 is 9.72 Å². The van der Waals surface area contributed by atoms with Crippen molar-refractivity contribution in [2.24, 2.45) is 0 Å². The Morgan fingerprint density at radius 3 is 3.11 bits per heavy atom. The molecule has 0 atom stereocenters. The standard InChI is InChI=1S/C13H11N3O2S/c1-2-18-13(17)8-6-14-12-10(8)11(15-7-16-12)9-4-3-5-19-9/h3-7H,2H2,1H3,(H,14,15,16). The van der Waals surface area contributed by atoms with Crippen molar-refractivity contribution >= 4 is 28.3 Å². The van der Waals surface area contributed by atoms with E-state index in [9.17, 15) is 4.79 Å². The fraction of sp³-hybridized carbons (Fsp3) is 0.154. The summed E-state index contributed by atoms with van der Waals surface area (Å²) >= 11 is 1.57. The van der Waals surface area contributed by atoms with Crippen molar-refractivity contribution in [1.29, 1.82) is 0 Å². The van der Waals surface area contributed by atoms with E-state index in [1.54, 1.807) is 24.5 Å². The molecule has 0 aliphatic carbocycles. The molecule has 5 nitrogen and oxygen atoms in total. The third kappa shape index (κ3) is 2.00. The van der Waals surface area contributed by atoms with Gasteiger partial charge in [0.15, 0.2) is 0 Å². The van der Waals surface area contributed by atoms with Crippen LogP contribution >= 0.6 is 11.3 Å². The second kappa shape index (κ2) is 4.81. The van der Waals surface area contributed by atoms with E-state index in [0.29, 0.717) is 23.2 Å². The summed E-state index contributed by atoms with van der Waals surface area (Å²) in [5, 5.41) is 2.68. The number of nitrogens with zero attached hydrogens (tertiary/aromatic N) is 2. The third-order valence-electron chi connectivity index (χ3n) is 2.72. The molecule has 19 heavy (non-hydrogen) atoms. The van der Waals surface area contributed by atoms with Gasteiger partial charge in [0, 0.05) is 6.20 Å². The minimum atomic E-state index is -0.360. The van der Waals surface area contributed by atoms with Crippen LogP contribution in [0.2, 0.25) is 0 Å². The summed E-state index contributed by atoms with van der Waals surface area (Å²) in [7, 11) is 0. The SMILES string of the molecule is CCOC(=O)c1c[nH]c2ncnc(-c3cccs3)c12. The summed E-state index contributed by atoms with van der Waals surface area (Å²) < 4.78 is 5.06. The molecule has 96 valence electrons. The van der Waals surface area contributed by atoms with E-state index < -0.39 is 0 Å². The second-order valence-corrected chi connectivity index (χ2v) is 4.79. The molecule has 0 spiro atoms. The number of rotatable bonds is 3. The number of ether oxygens (including phenoxy) is 1. The van der Waals surface area contributed by atoms with E-state index in [4.69, 9.17) is 4.74 Å². The summed E-state index contributed by atoms with van der Waals surface area (Å²) in [4.78, 5) is 24.4. The van der Waals surface area contributed by atoms with Gasteiger partial charge >= 0.3 is 5.97 Å². The Kier molecular flexibility index (Phi) is 3.00. The van der Waals surface area contributed by atoms with Crippen LogP contribution in [0.25, 0.3) is 21.6 Å². The maximum Gasteiger partial charge on any atom is 0.340 e. The van der Waals surface area contributed by atoms with E-state index in [-0.39, 0.29) is 5.97 Å². The van der Waals surface area contributed by atoms with Crippen molar-refractivity contribution in [2.75, 3.05) is 6.61 Å². The molecule has 0 aliphatic rings. The summed E-state index contributed by atoms with van der Waals surface area (Å²) in [6, 6.07) is 3.92. The average molecular weight is 273 g/mol. The molecule has 3 aromatic rings. The van der Waals surface area contributed by atoms with E-state index in [1.165, 1.54) is 6.33 Å². The molecule has 6 heteroatoms. The Balaban J connectivity index is 2.23. The molecule has 0 aliphatic heterocycles. The lowest BCUT2D eigenvalue weighted by molar-refractivity contribution is 0.0528. The molecular formula is C13H11N3O2S. The van der Waals surface area contributed by atoms with Gasteiger partial charge in [-0.3, -0.25) is 0 Å². The molecular weight excluding hydrogens is 262 g/mol. The lowest BCUT2D eigenvalue weighted by atomic mass is 10.1. The highest BCUT2D eigenvalue weighted by Crippen LogP contribution is 2.31. The molecule has 0 saturated heterocycles. The number of hydrogen-bond acceptors (Lipinski definition) is 5. The topological polar surface area (TPSA) is 67.9 Å². The van der Waals surface area contributed by atoms with Crippen molar-refractivity contribution in [3.63, 3.8) is 0 Å². The van der Waals surface area contributed by atoms with Gasteiger partial charge in [-0.2, -0.15) is 0 Å². The Morgan fingerprint density at radius 2 is 2.37 bits per heavy atom. The highest BCUT2D eigenvalue weighted by Gasteiger charge is 2.18. The first-order valence-electron chi connectivity index (χ1n) is 5.84. The maximum absolute atomic E-state index is 11.9. The Hall–Kier alpha value is -2.21. The first-order chi connectivity index (χ1) is 9.31. The summed E-state index contributed by atoms with van der Waals surface area (Å²) in [5.74, 6) is -0.360. The molecule has 0 fully saturated rings. The third-order valence-corrected chi connectivity index (χ3v) is 3.60. The van der Waals surface area contributed by atoms with Crippen LogP contribution in [0.5, 0.6) is 0 Å². The summed E-state index contributed by atoms with van der Waals surface area (Å²) in [6.07, 6.45) is 3.11. The number of fused-ring (bicyclic) bond motifs is 1. The smallest absolute Gasteiger partial charge is 0.340 e. The minimum Gasteiger partial charge on any atom is -0.462 e. The van der Waals surface area contributed by atoms with Crippen LogP contribution < -0.4 is 0 Å². The number of hydrogen-bond donors (Lipinski definition) is 1. The highest BCUT2D eigenvalue weighted by atomic mass is 32.1. The quantitative estimate of drug-likeness (QED) is 0.745. The number of carbonyl (C=O) groups is 1. The van der Waals surface area contributed by atoms with E-state index in [1.807, 2.05) is 17.5 Å². The molecule has 0 bridgehead atoms. The zero-order chi connectivity index (χ0) is 13.2. The van der Waals surface area contributed by atoms with Gasteiger partial charge in [0.05, 0.1) is 28.1 Å². The first kappa shape index (κ1) is 11.9. The number of aromatic amines is 1. The zero-order valence-electron chi connectivity index (χ0n) is 10.2. The predicted molar refractivity (Wildman–Crippen MR) is 73.2 cm³/mol. The van der Waals surface area contributed by atoms with Crippen molar-refractivity contribution in [1.82, 2.24) is 15.0 Å². The van der Waals surface area contributed by atoms with Crippen LogP contribution in [0.3, 0.4) is 0 Å². The molecule has 3 heterocycles. The Morgan fingerprint density at radius 1 is 1.47 bits per heavy atom. The summed E-state index contributed by atoms with van der Waals surface area (Å²) in [6.45, 7) is 2.12. The number of H-pyrrole nitrogens is 1. The fourth-order valence-corrected chi connectivity index (χ4v) is 2.66. The molecule has 0 saturated carbocycles. The van der Waals surface area contributed by atoms with Gasteiger partial charge in [-0.15, -0.1) is 11.3 Å². The lowest BCUT2D eigenvalue weighted by Gasteiger charge is -2.02. The van der Waals surface area contributed by atoms with Crippen LogP contribution in [0.15, 0.2) is 30.0 Å². The van der Waals surface area contributed by atoms with Crippen LogP contribution in [-0.2, 0) is 4.74 Å². The van der Waals surface area contributed by atoms with Crippen molar-refractivity contribution in [3.8, 4) is 10.6 Å².